The van der Waals surface area contributed by atoms with Gasteiger partial charge < -0.3 is 5.32 Å². The number of para-hydroxylation sites is 1. The third-order valence-corrected chi connectivity index (χ3v) is 6.01. The van der Waals surface area contributed by atoms with Crippen molar-refractivity contribution in [2.45, 2.75) is 24.0 Å². The van der Waals surface area contributed by atoms with E-state index < -0.39 is 0 Å². The molecule has 0 spiro atoms. The monoisotopic (exact) mass is 401 g/mol. The quantitative estimate of drug-likeness (QED) is 0.392. The molecule has 5 rings (SSSR count). The van der Waals surface area contributed by atoms with Crippen molar-refractivity contribution in [1.82, 2.24) is 9.55 Å². The Morgan fingerprint density at radius 1 is 1.03 bits per heavy atom. The molecule has 1 fully saturated rings. The molecule has 1 aromatic heterocycles. The number of rotatable bonds is 5. The molecule has 0 aliphatic heterocycles. The van der Waals surface area contributed by atoms with Crippen LogP contribution in [0.25, 0.3) is 21.7 Å². The number of benzene rings is 3. The van der Waals surface area contributed by atoms with E-state index in [-0.39, 0.29) is 23.3 Å². The summed E-state index contributed by atoms with van der Waals surface area (Å²) < 4.78 is 1.76. The van der Waals surface area contributed by atoms with Crippen LogP contribution in [0, 0.1) is 0 Å². The second-order valence-corrected chi connectivity index (χ2v) is 8.16. The molecule has 0 saturated heterocycles. The van der Waals surface area contributed by atoms with Gasteiger partial charge in [0.05, 0.1) is 16.7 Å². The minimum absolute atomic E-state index is 0.0180. The van der Waals surface area contributed by atoms with Gasteiger partial charge in [-0.05, 0) is 47.9 Å². The Kier molecular flexibility index (Phi) is 4.56. The van der Waals surface area contributed by atoms with Gasteiger partial charge >= 0.3 is 0 Å². The largest absolute Gasteiger partial charge is 0.325 e. The predicted octanol–water partition coefficient (Wildman–Crippen LogP) is 4.62. The summed E-state index contributed by atoms with van der Waals surface area (Å²) in [6.45, 7) is 0. The number of amides is 1. The number of hydrogen-bond donors (Lipinski definition) is 1. The third-order valence-electron chi connectivity index (χ3n) is 5.05. The van der Waals surface area contributed by atoms with Gasteiger partial charge in [-0.1, -0.05) is 54.2 Å². The summed E-state index contributed by atoms with van der Waals surface area (Å²) >= 11 is 1.32. The normalized spacial score (nSPS) is 13.7. The van der Waals surface area contributed by atoms with Crippen molar-refractivity contribution in [3.8, 4) is 0 Å². The van der Waals surface area contributed by atoms with Crippen LogP contribution < -0.4 is 10.9 Å². The minimum Gasteiger partial charge on any atom is -0.325 e. The van der Waals surface area contributed by atoms with Gasteiger partial charge in [0.25, 0.3) is 5.56 Å². The molecule has 144 valence electrons. The Morgan fingerprint density at radius 3 is 2.62 bits per heavy atom. The van der Waals surface area contributed by atoms with E-state index in [0.717, 1.165) is 29.3 Å². The van der Waals surface area contributed by atoms with Crippen molar-refractivity contribution in [3.63, 3.8) is 0 Å². The molecule has 5 nitrogen and oxygen atoms in total. The lowest BCUT2D eigenvalue weighted by Crippen LogP contribution is -2.23. The minimum atomic E-state index is -0.116. The van der Waals surface area contributed by atoms with Gasteiger partial charge in [-0.25, -0.2) is 4.98 Å². The molecular formula is C23H19N3O2S. The number of nitrogens with zero attached hydrogens (tertiary/aromatic N) is 2. The molecule has 1 amide bonds. The van der Waals surface area contributed by atoms with E-state index in [1.165, 1.54) is 11.8 Å². The Morgan fingerprint density at radius 2 is 1.79 bits per heavy atom. The molecular weight excluding hydrogens is 382 g/mol. The molecule has 1 N–H and O–H groups in total. The highest BCUT2D eigenvalue weighted by atomic mass is 32.2. The summed E-state index contributed by atoms with van der Waals surface area (Å²) in [5.41, 5.74) is 1.42. The maximum absolute atomic E-state index is 12.9. The van der Waals surface area contributed by atoms with Crippen molar-refractivity contribution < 1.29 is 4.79 Å². The van der Waals surface area contributed by atoms with Gasteiger partial charge in [-0.15, -0.1) is 0 Å². The van der Waals surface area contributed by atoms with Gasteiger partial charge in [0.15, 0.2) is 5.16 Å². The zero-order valence-electron chi connectivity index (χ0n) is 15.7. The Hall–Kier alpha value is -3.12. The molecule has 1 aliphatic rings. The Bertz CT molecular complexity index is 1290. The Labute approximate surface area is 171 Å². The summed E-state index contributed by atoms with van der Waals surface area (Å²) in [6.07, 6.45) is 1.97. The number of hydrogen-bond acceptors (Lipinski definition) is 4. The molecule has 0 atom stereocenters. The third kappa shape index (κ3) is 3.63. The summed E-state index contributed by atoms with van der Waals surface area (Å²) in [5.74, 6) is 0.0830. The van der Waals surface area contributed by atoms with Crippen molar-refractivity contribution in [3.05, 3.63) is 77.1 Å². The van der Waals surface area contributed by atoms with Gasteiger partial charge in [0.2, 0.25) is 5.91 Å². The van der Waals surface area contributed by atoms with Crippen LogP contribution in [-0.4, -0.2) is 21.2 Å². The maximum atomic E-state index is 12.9. The van der Waals surface area contributed by atoms with E-state index >= 15 is 0 Å². The highest BCUT2D eigenvalue weighted by Gasteiger charge is 2.28. The smallest absolute Gasteiger partial charge is 0.262 e. The van der Waals surface area contributed by atoms with E-state index in [9.17, 15) is 9.59 Å². The van der Waals surface area contributed by atoms with Gasteiger partial charge in [-0.2, -0.15) is 0 Å². The molecule has 6 heteroatoms. The van der Waals surface area contributed by atoms with E-state index in [1.54, 1.807) is 4.57 Å². The summed E-state index contributed by atoms with van der Waals surface area (Å²) in [5, 5.41) is 6.40. The fourth-order valence-electron chi connectivity index (χ4n) is 3.48. The molecule has 1 heterocycles. The topological polar surface area (TPSA) is 64.0 Å². The van der Waals surface area contributed by atoms with E-state index in [4.69, 9.17) is 0 Å². The molecule has 0 radical (unpaired) electrons. The zero-order valence-corrected chi connectivity index (χ0v) is 16.5. The molecule has 0 bridgehead atoms. The van der Waals surface area contributed by atoms with Crippen LogP contribution in [0.2, 0.25) is 0 Å². The number of anilines is 1. The average molecular weight is 401 g/mol. The van der Waals surface area contributed by atoms with Crippen molar-refractivity contribution in [2.24, 2.45) is 0 Å². The predicted molar refractivity (Wildman–Crippen MR) is 118 cm³/mol. The lowest BCUT2D eigenvalue weighted by Gasteiger charge is -2.12. The van der Waals surface area contributed by atoms with Gasteiger partial charge in [0, 0.05) is 11.7 Å². The fraction of sp³-hybridized carbons (Fsp3) is 0.174. The summed E-state index contributed by atoms with van der Waals surface area (Å²) in [6, 6.07) is 21.5. The zero-order chi connectivity index (χ0) is 19.8. The number of carbonyl (C=O) groups is 1. The first-order chi connectivity index (χ1) is 14.2. The van der Waals surface area contributed by atoms with Crippen molar-refractivity contribution >= 4 is 45.0 Å². The van der Waals surface area contributed by atoms with Gasteiger partial charge in [-0.3, -0.25) is 14.2 Å². The lowest BCUT2D eigenvalue weighted by atomic mass is 10.1. The molecule has 4 aromatic rings. The molecule has 1 saturated carbocycles. The lowest BCUT2D eigenvalue weighted by molar-refractivity contribution is -0.113. The van der Waals surface area contributed by atoms with Crippen LogP contribution in [0.15, 0.2) is 76.7 Å². The maximum Gasteiger partial charge on any atom is 0.262 e. The van der Waals surface area contributed by atoms with Crippen LogP contribution in [0.1, 0.15) is 18.9 Å². The van der Waals surface area contributed by atoms with E-state index in [0.29, 0.717) is 16.1 Å². The van der Waals surface area contributed by atoms with Crippen molar-refractivity contribution in [2.75, 3.05) is 11.1 Å². The second-order valence-electron chi connectivity index (χ2n) is 7.22. The SMILES string of the molecule is O=C(CSc1nc2ccccc2c(=O)n1C1CC1)Nc1ccc2ccccc2c1. The molecule has 3 aromatic carbocycles. The molecule has 1 aliphatic carbocycles. The fourth-order valence-corrected chi connectivity index (χ4v) is 4.34. The first-order valence-electron chi connectivity index (χ1n) is 9.62. The van der Waals surface area contributed by atoms with Crippen LogP contribution in [0.5, 0.6) is 0 Å². The highest BCUT2D eigenvalue weighted by Crippen LogP contribution is 2.36. The van der Waals surface area contributed by atoms with Gasteiger partial charge in [0.1, 0.15) is 0 Å². The van der Waals surface area contributed by atoms with Crippen LogP contribution in [0.4, 0.5) is 5.69 Å². The average Bonchev–Trinajstić information content (AvgIpc) is 3.57. The van der Waals surface area contributed by atoms with Crippen LogP contribution >= 0.6 is 11.8 Å². The number of fused-ring (bicyclic) bond motifs is 2. The van der Waals surface area contributed by atoms with E-state index in [1.807, 2.05) is 66.7 Å². The molecule has 29 heavy (non-hydrogen) atoms. The second kappa shape index (κ2) is 7.37. The number of nitrogens with one attached hydrogen (secondary N) is 1. The standard InChI is InChI=1S/C23H19N3O2S/c27-21(24-17-10-9-15-5-1-2-6-16(15)13-17)14-29-23-25-20-8-4-3-7-19(20)22(28)26(23)18-11-12-18/h1-10,13,18H,11-12,14H2,(H,24,27). The number of thioether (sulfide) groups is 1. The number of aromatic nitrogens is 2. The van der Waals surface area contributed by atoms with Crippen LogP contribution in [-0.2, 0) is 4.79 Å². The highest BCUT2D eigenvalue weighted by molar-refractivity contribution is 7.99. The summed E-state index contributed by atoms with van der Waals surface area (Å²) in [7, 11) is 0. The number of carbonyl (C=O) groups excluding carboxylic acids is 1. The Balaban J connectivity index is 1.36. The first kappa shape index (κ1) is 17.9. The van der Waals surface area contributed by atoms with E-state index in [2.05, 4.69) is 10.3 Å². The van der Waals surface area contributed by atoms with Crippen LogP contribution in [0.3, 0.4) is 0 Å². The van der Waals surface area contributed by atoms with Crippen molar-refractivity contribution in [1.29, 1.82) is 0 Å². The summed E-state index contributed by atoms with van der Waals surface area (Å²) in [4.78, 5) is 30.1. The first-order valence-corrected chi connectivity index (χ1v) is 10.6. The molecule has 0 unspecified atom stereocenters.